The summed E-state index contributed by atoms with van der Waals surface area (Å²) in [5.74, 6) is 0.811. The number of aryl methyl sites for hydroxylation is 1. The highest BCUT2D eigenvalue weighted by Gasteiger charge is 1.97. The molecule has 0 spiro atoms. The minimum atomic E-state index is 0. The van der Waals surface area contributed by atoms with Crippen LogP contribution in [0.25, 0.3) is 0 Å². The number of nitrogen functional groups attached to an aromatic ring is 1. The first-order valence-corrected chi connectivity index (χ1v) is 2.78. The highest BCUT2D eigenvalue weighted by molar-refractivity contribution is 5.85. The summed E-state index contributed by atoms with van der Waals surface area (Å²) < 4.78 is 0. The highest BCUT2D eigenvalue weighted by atomic mass is 35.5. The molecule has 0 saturated carbocycles. The molecule has 0 saturated heterocycles. The molecule has 0 radical (unpaired) electrons. The lowest BCUT2D eigenvalue weighted by Crippen LogP contribution is -1.99. The van der Waals surface area contributed by atoms with Crippen LogP contribution in [0.15, 0.2) is 6.20 Å². The van der Waals surface area contributed by atoms with Crippen LogP contribution >= 0.6 is 12.4 Å². The summed E-state index contributed by atoms with van der Waals surface area (Å²) in [7, 11) is 0. The van der Waals surface area contributed by atoms with Crippen molar-refractivity contribution < 1.29 is 4.79 Å². The molecule has 0 aliphatic heterocycles. The molecule has 11 heavy (non-hydrogen) atoms. The minimum absolute atomic E-state index is 0. The molecular formula is C6H8ClN3O. The molecule has 1 rings (SSSR count). The first kappa shape index (κ1) is 9.84. The van der Waals surface area contributed by atoms with Gasteiger partial charge in [-0.15, -0.1) is 12.4 Å². The Kier molecular flexibility index (Phi) is 3.47. The number of rotatable bonds is 1. The van der Waals surface area contributed by atoms with Crippen LogP contribution < -0.4 is 5.73 Å². The number of hydrogen-bond donors (Lipinski definition) is 1. The van der Waals surface area contributed by atoms with Crippen molar-refractivity contribution in [1.82, 2.24) is 9.97 Å². The Morgan fingerprint density at radius 3 is 2.73 bits per heavy atom. The summed E-state index contributed by atoms with van der Waals surface area (Å²) in [5, 5.41) is 0. The number of halogens is 1. The number of anilines is 1. The van der Waals surface area contributed by atoms with Gasteiger partial charge in [-0.1, -0.05) is 0 Å². The van der Waals surface area contributed by atoms with Gasteiger partial charge in [0.1, 0.15) is 11.6 Å². The fourth-order valence-corrected chi connectivity index (χ4v) is 0.588. The van der Waals surface area contributed by atoms with Gasteiger partial charge in [-0.2, -0.15) is 0 Å². The van der Waals surface area contributed by atoms with Gasteiger partial charge in [0.25, 0.3) is 0 Å². The maximum Gasteiger partial charge on any atom is 0.155 e. The van der Waals surface area contributed by atoms with Gasteiger partial charge >= 0.3 is 0 Å². The van der Waals surface area contributed by atoms with E-state index in [0.717, 1.165) is 0 Å². The standard InChI is InChI=1S/C6H7N3O.ClH/c1-4-8-2-5(3-10)6(7)9-4;/h2-3H,1H3,(H2,7,8,9);1H. The minimum Gasteiger partial charge on any atom is -0.383 e. The molecular weight excluding hydrogens is 166 g/mol. The van der Waals surface area contributed by atoms with Crippen molar-refractivity contribution in [1.29, 1.82) is 0 Å². The average molecular weight is 174 g/mol. The average Bonchev–Trinajstić information content (AvgIpc) is 1.88. The van der Waals surface area contributed by atoms with Gasteiger partial charge in [0.05, 0.1) is 5.56 Å². The van der Waals surface area contributed by atoms with Crippen LogP contribution in [0.2, 0.25) is 0 Å². The molecule has 0 amide bonds. The second-order valence-electron chi connectivity index (χ2n) is 1.88. The van der Waals surface area contributed by atoms with Gasteiger partial charge in [0.2, 0.25) is 0 Å². The zero-order chi connectivity index (χ0) is 7.56. The number of hydrogen-bond acceptors (Lipinski definition) is 4. The lowest BCUT2D eigenvalue weighted by Gasteiger charge is -1.95. The maximum absolute atomic E-state index is 10.2. The van der Waals surface area contributed by atoms with Crippen LogP contribution in [-0.4, -0.2) is 16.3 Å². The summed E-state index contributed by atoms with van der Waals surface area (Å²) in [6.45, 7) is 1.71. The molecule has 5 heteroatoms. The molecule has 1 aromatic rings. The van der Waals surface area contributed by atoms with E-state index in [1.54, 1.807) is 6.92 Å². The third-order valence-corrected chi connectivity index (χ3v) is 1.10. The maximum atomic E-state index is 10.2. The summed E-state index contributed by atoms with van der Waals surface area (Å²) in [6, 6.07) is 0. The van der Waals surface area contributed by atoms with E-state index in [1.165, 1.54) is 6.20 Å². The van der Waals surface area contributed by atoms with Gasteiger partial charge in [0, 0.05) is 6.20 Å². The number of carbonyl (C=O) groups excluding carboxylic acids is 1. The molecule has 60 valence electrons. The third-order valence-electron chi connectivity index (χ3n) is 1.10. The smallest absolute Gasteiger partial charge is 0.155 e. The van der Waals surface area contributed by atoms with Gasteiger partial charge in [-0.25, -0.2) is 9.97 Å². The number of carbonyl (C=O) groups is 1. The van der Waals surface area contributed by atoms with E-state index in [4.69, 9.17) is 5.73 Å². The Balaban J connectivity index is 0.000001000. The van der Waals surface area contributed by atoms with Gasteiger partial charge < -0.3 is 5.73 Å². The van der Waals surface area contributed by atoms with Crippen molar-refractivity contribution in [2.75, 3.05) is 5.73 Å². The van der Waals surface area contributed by atoms with E-state index >= 15 is 0 Å². The van der Waals surface area contributed by atoms with E-state index in [9.17, 15) is 4.79 Å². The van der Waals surface area contributed by atoms with Gasteiger partial charge in [0.15, 0.2) is 6.29 Å². The largest absolute Gasteiger partial charge is 0.383 e. The van der Waals surface area contributed by atoms with E-state index in [2.05, 4.69) is 9.97 Å². The number of aldehydes is 1. The molecule has 0 fully saturated rings. The molecule has 1 heterocycles. The molecule has 0 unspecified atom stereocenters. The molecule has 4 nitrogen and oxygen atoms in total. The SMILES string of the molecule is Cc1ncc(C=O)c(N)n1.Cl. The van der Waals surface area contributed by atoms with E-state index in [1.807, 2.05) is 0 Å². The van der Waals surface area contributed by atoms with Crippen LogP contribution in [0.1, 0.15) is 16.2 Å². The van der Waals surface area contributed by atoms with Crippen LogP contribution in [0.4, 0.5) is 5.82 Å². The van der Waals surface area contributed by atoms with Crippen molar-refractivity contribution in [3.63, 3.8) is 0 Å². The second-order valence-corrected chi connectivity index (χ2v) is 1.88. The van der Waals surface area contributed by atoms with Crippen LogP contribution in [0.5, 0.6) is 0 Å². The van der Waals surface area contributed by atoms with E-state index in [-0.39, 0.29) is 18.2 Å². The fourth-order valence-electron chi connectivity index (χ4n) is 0.588. The molecule has 0 atom stereocenters. The molecule has 2 N–H and O–H groups in total. The Hall–Kier alpha value is -1.16. The third kappa shape index (κ3) is 2.16. The molecule has 0 aromatic carbocycles. The first-order chi connectivity index (χ1) is 4.74. The van der Waals surface area contributed by atoms with Crippen molar-refractivity contribution in [3.05, 3.63) is 17.6 Å². The number of nitrogens with two attached hydrogens (primary N) is 1. The predicted molar refractivity (Wildman–Crippen MR) is 43.8 cm³/mol. The molecule has 1 aromatic heterocycles. The van der Waals surface area contributed by atoms with Crippen molar-refractivity contribution >= 4 is 24.5 Å². The van der Waals surface area contributed by atoms with Crippen LogP contribution in [0.3, 0.4) is 0 Å². The van der Waals surface area contributed by atoms with E-state index < -0.39 is 0 Å². The zero-order valence-electron chi connectivity index (χ0n) is 5.94. The molecule has 0 bridgehead atoms. The van der Waals surface area contributed by atoms with Crippen molar-refractivity contribution in [3.8, 4) is 0 Å². The lowest BCUT2D eigenvalue weighted by atomic mass is 10.3. The Labute approximate surface area is 70.3 Å². The highest BCUT2D eigenvalue weighted by Crippen LogP contribution is 2.02. The number of aromatic nitrogens is 2. The normalized spacial score (nSPS) is 8.45. The second kappa shape index (κ2) is 3.88. The summed E-state index contributed by atoms with van der Waals surface area (Å²) >= 11 is 0. The van der Waals surface area contributed by atoms with Gasteiger partial charge in [-0.05, 0) is 6.92 Å². The number of nitrogens with zero attached hydrogens (tertiary/aromatic N) is 2. The van der Waals surface area contributed by atoms with Gasteiger partial charge in [-0.3, -0.25) is 4.79 Å². The zero-order valence-corrected chi connectivity index (χ0v) is 6.76. The van der Waals surface area contributed by atoms with Crippen LogP contribution in [-0.2, 0) is 0 Å². The summed E-state index contributed by atoms with van der Waals surface area (Å²) in [5.41, 5.74) is 5.69. The fraction of sp³-hybridized carbons (Fsp3) is 0.167. The monoisotopic (exact) mass is 173 g/mol. The first-order valence-electron chi connectivity index (χ1n) is 2.78. The van der Waals surface area contributed by atoms with Crippen LogP contribution in [0, 0.1) is 6.92 Å². The Morgan fingerprint density at radius 2 is 2.27 bits per heavy atom. The lowest BCUT2D eigenvalue weighted by molar-refractivity contribution is 0.112. The van der Waals surface area contributed by atoms with Crippen molar-refractivity contribution in [2.45, 2.75) is 6.92 Å². The molecule has 0 aliphatic rings. The topological polar surface area (TPSA) is 68.9 Å². The quantitative estimate of drug-likeness (QED) is 0.632. The van der Waals surface area contributed by atoms with Crippen molar-refractivity contribution in [2.24, 2.45) is 0 Å². The summed E-state index contributed by atoms with van der Waals surface area (Å²) in [6.07, 6.45) is 2.04. The van der Waals surface area contributed by atoms with E-state index in [0.29, 0.717) is 17.7 Å². The predicted octanol–water partition coefficient (Wildman–Crippen LogP) is 0.602. The Morgan fingerprint density at radius 1 is 1.64 bits per heavy atom. The molecule has 0 aliphatic carbocycles. The Bertz CT molecular complexity index is 264. The summed E-state index contributed by atoms with van der Waals surface area (Å²) in [4.78, 5) is 17.7.